The zero-order valence-electron chi connectivity index (χ0n) is 17.0. The summed E-state index contributed by atoms with van der Waals surface area (Å²) in [5, 5.41) is 3.08. The molecule has 1 aliphatic heterocycles. The summed E-state index contributed by atoms with van der Waals surface area (Å²) in [5.74, 6) is 1.03. The van der Waals surface area contributed by atoms with Crippen LogP contribution in [0.2, 0.25) is 0 Å². The van der Waals surface area contributed by atoms with Crippen molar-refractivity contribution in [2.45, 2.75) is 63.0 Å². The highest BCUT2D eigenvalue weighted by Crippen LogP contribution is 2.26. The Labute approximate surface area is 172 Å². The summed E-state index contributed by atoms with van der Waals surface area (Å²) in [5.41, 5.74) is 0.675. The van der Waals surface area contributed by atoms with Crippen molar-refractivity contribution in [2.24, 2.45) is 5.92 Å². The molecule has 2 amide bonds. The van der Waals surface area contributed by atoms with Crippen molar-refractivity contribution in [1.29, 1.82) is 0 Å². The molecule has 2 unspecified atom stereocenters. The van der Waals surface area contributed by atoms with Crippen molar-refractivity contribution < 1.29 is 14.3 Å². The van der Waals surface area contributed by atoms with Crippen LogP contribution in [0.3, 0.4) is 0 Å². The molecule has 6 heteroatoms. The summed E-state index contributed by atoms with van der Waals surface area (Å²) in [6, 6.07) is 7.65. The van der Waals surface area contributed by atoms with Gasteiger partial charge in [-0.05, 0) is 44.7 Å². The second-order valence-corrected chi connectivity index (χ2v) is 9.06. The smallest absolute Gasteiger partial charge is 0.255 e. The van der Waals surface area contributed by atoms with E-state index in [9.17, 15) is 9.59 Å². The normalized spacial score (nSPS) is 23.4. The van der Waals surface area contributed by atoms with E-state index in [2.05, 4.69) is 5.32 Å². The summed E-state index contributed by atoms with van der Waals surface area (Å²) in [6.07, 6.45) is 6.38. The van der Waals surface area contributed by atoms with Gasteiger partial charge in [-0.15, -0.1) is 11.8 Å². The van der Waals surface area contributed by atoms with Gasteiger partial charge in [0.25, 0.3) is 5.91 Å². The molecule has 2 atom stereocenters. The molecule has 0 aromatic heterocycles. The molecule has 5 nitrogen and oxygen atoms in total. The van der Waals surface area contributed by atoms with Crippen molar-refractivity contribution >= 4 is 23.6 Å². The summed E-state index contributed by atoms with van der Waals surface area (Å²) < 4.78 is 5.64. The number of benzene rings is 1. The molecule has 1 aromatic rings. The summed E-state index contributed by atoms with van der Waals surface area (Å²) in [6.45, 7) is 5.94. The minimum Gasteiger partial charge on any atom is -0.375 e. The van der Waals surface area contributed by atoms with Gasteiger partial charge in [0.1, 0.15) is 0 Å². The van der Waals surface area contributed by atoms with Crippen molar-refractivity contribution in [1.82, 2.24) is 10.2 Å². The Bertz CT molecular complexity index is 676. The van der Waals surface area contributed by atoms with Gasteiger partial charge in [-0.25, -0.2) is 0 Å². The lowest BCUT2D eigenvalue weighted by Crippen LogP contribution is -2.50. The maximum absolute atomic E-state index is 13.1. The van der Waals surface area contributed by atoms with Crippen LogP contribution in [0.5, 0.6) is 0 Å². The van der Waals surface area contributed by atoms with Crippen LogP contribution in [-0.2, 0) is 9.53 Å². The van der Waals surface area contributed by atoms with Crippen molar-refractivity contribution in [3.63, 3.8) is 0 Å². The van der Waals surface area contributed by atoms with Crippen LogP contribution in [0.1, 0.15) is 56.3 Å². The number of nitrogens with one attached hydrogen (secondary N) is 1. The van der Waals surface area contributed by atoms with Crippen molar-refractivity contribution in [3.05, 3.63) is 29.8 Å². The minimum absolute atomic E-state index is 0.0216. The number of ether oxygens (including phenoxy) is 1. The number of rotatable bonds is 6. The predicted octanol–water partition coefficient (Wildman–Crippen LogP) is 3.72. The third-order valence-electron chi connectivity index (χ3n) is 5.66. The molecule has 28 heavy (non-hydrogen) atoms. The first-order chi connectivity index (χ1) is 13.5. The molecule has 1 N–H and O–H groups in total. The van der Waals surface area contributed by atoms with E-state index in [0.29, 0.717) is 30.4 Å². The van der Waals surface area contributed by atoms with E-state index in [0.717, 1.165) is 11.4 Å². The molecule has 1 heterocycles. The Morgan fingerprint density at radius 3 is 2.71 bits per heavy atom. The van der Waals surface area contributed by atoms with Gasteiger partial charge in [0, 0.05) is 18.0 Å². The van der Waals surface area contributed by atoms with E-state index in [1.54, 1.807) is 0 Å². The Balaban J connectivity index is 1.56. The molecule has 0 bridgehead atoms. The van der Waals surface area contributed by atoms with Crippen LogP contribution in [0.15, 0.2) is 29.2 Å². The molecule has 1 saturated carbocycles. The van der Waals surface area contributed by atoms with Gasteiger partial charge in [0.2, 0.25) is 5.91 Å². The van der Waals surface area contributed by atoms with Crippen LogP contribution < -0.4 is 5.32 Å². The van der Waals surface area contributed by atoms with Crippen LogP contribution in [0, 0.1) is 5.92 Å². The number of carbonyl (C=O) groups excluding carboxylic acids is 2. The second-order valence-electron chi connectivity index (χ2n) is 8.04. The SMILES string of the molecule is CC1CN(C(=O)c2ccccc2SCC(=O)NCC2CCCCC2)C(C)CO1. The monoisotopic (exact) mass is 404 g/mol. The van der Waals surface area contributed by atoms with Gasteiger partial charge in [-0.3, -0.25) is 9.59 Å². The van der Waals surface area contributed by atoms with Gasteiger partial charge in [-0.2, -0.15) is 0 Å². The first kappa shape index (κ1) is 21.2. The topological polar surface area (TPSA) is 58.6 Å². The lowest BCUT2D eigenvalue weighted by molar-refractivity contribution is -0.118. The van der Waals surface area contributed by atoms with E-state index < -0.39 is 0 Å². The number of nitrogens with zero attached hydrogens (tertiary/aromatic N) is 1. The van der Waals surface area contributed by atoms with Crippen molar-refractivity contribution in [3.8, 4) is 0 Å². The second kappa shape index (κ2) is 10.3. The third kappa shape index (κ3) is 5.74. The Hall–Kier alpha value is -1.53. The number of thioether (sulfide) groups is 1. The van der Waals surface area contributed by atoms with E-state index in [1.165, 1.54) is 43.9 Å². The minimum atomic E-state index is 0.0216. The quantitative estimate of drug-likeness (QED) is 0.734. The fourth-order valence-electron chi connectivity index (χ4n) is 3.95. The zero-order valence-corrected chi connectivity index (χ0v) is 17.8. The molecule has 0 radical (unpaired) electrons. The third-order valence-corrected chi connectivity index (χ3v) is 6.73. The lowest BCUT2D eigenvalue weighted by Gasteiger charge is -2.37. The maximum atomic E-state index is 13.1. The van der Waals surface area contributed by atoms with Crippen LogP contribution in [-0.4, -0.2) is 54.3 Å². The molecule has 2 aliphatic rings. The fourth-order valence-corrected chi connectivity index (χ4v) is 4.83. The number of hydrogen-bond acceptors (Lipinski definition) is 4. The van der Waals surface area contributed by atoms with Crippen LogP contribution >= 0.6 is 11.8 Å². The van der Waals surface area contributed by atoms with Crippen LogP contribution in [0.25, 0.3) is 0 Å². The molecule has 1 saturated heterocycles. The maximum Gasteiger partial charge on any atom is 0.255 e. The molecule has 1 aromatic carbocycles. The summed E-state index contributed by atoms with van der Waals surface area (Å²) in [4.78, 5) is 28.2. The van der Waals surface area contributed by atoms with Gasteiger partial charge >= 0.3 is 0 Å². The standard InChI is InChI=1S/C22H32N2O3S/c1-16-14-27-17(2)13-24(16)22(26)19-10-6-7-11-20(19)28-15-21(25)23-12-18-8-4-3-5-9-18/h6-7,10-11,16-18H,3-5,8-9,12-15H2,1-2H3,(H,23,25). The van der Waals surface area contributed by atoms with E-state index >= 15 is 0 Å². The Kier molecular flexibility index (Phi) is 7.80. The van der Waals surface area contributed by atoms with Gasteiger partial charge in [-0.1, -0.05) is 31.4 Å². The fraction of sp³-hybridized carbons (Fsp3) is 0.636. The largest absolute Gasteiger partial charge is 0.375 e. The number of carbonyl (C=O) groups is 2. The van der Waals surface area contributed by atoms with Crippen molar-refractivity contribution in [2.75, 3.05) is 25.4 Å². The molecule has 2 fully saturated rings. The molecular weight excluding hydrogens is 372 g/mol. The number of amides is 2. The Morgan fingerprint density at radius 2 is 1.93 bits per heavy atom. The average molecular weight is 405 g/mol. The molecule has 1 aliphatic carbocycles. The molecule has 0 spiro atoms. The number of hydrogen-bond donors (Lipinski definition) is 1. The van der Waals surface area contributed by atoms with E-state index in [4.69, 9.17) is 4.74 Å². The van der Waals surface area contributed by atoms with Crippen LogP contribution in [0.4, 0.5) is 0 Å². The van der Waals surface area contributed by atoms with E-state index in [-0.39, 0.29) is 24.0 Å². The molecule has 154 valence electrons. The average Bonchev–Trinajstić information content (AvgIpc) is 2.73. The van der Waals surface area contributed by atoms with Gasteiger partial charge in [0.05, 0.1) is 30.1 Å². The summed E-state index contributed by atoms with van der Waals surface area (Å²) in [7, 11) is 0. The first-order valence-electron chi connectivity index (χ1n) is 10.5. The predicted molar refractivity (Wildman–Crippen MR) is 113 cm³/mol. The van der Waals surface area contributed by atoms with Gasteiger partial charge < -0.3 is 15.0 Å². The van der Waals surface area contributed by atoms with Gasteiger partial charge in [0.15, 0.2) is 0 Å². The van der Waals surface area contributed by atoms with E-state index in [1.807, 2.05) is 43.0 Å². The Morgan fingerprint density at radius 1 is 1.18 bits per heavy atom. The molecule has 3 rings (SSSR count). The highest BCUT2D eigenvalue weighted by molar-refractivity contribution is 8.00. The lowest BCUT2D eigenvalue weighted by atomic mass is 9.89. The molecular formula is C22H32N2O3S. The summed E-state index contributed by atoms with van der Waals surface area (Å²) >= 11 is 1.45. The zero-order chi connectivity index (χ0) is 19.9. The highest BCUT2D eigenvalue weighted by Gasteiger charge is 2.29. The highest BCUT2D eigenvalue weighted by atomic mass is 32.2. The number of morpholine rings is 1. The first-order valence-corrected chi connectivity index (χ1v) is 11.4.